The topological polar surface area (TPSA) is 89.3 Å². The molecule has 6 heteroatoms. The molecule has 0 saturated carbocycles. The van der Waals surface area contributed by atoms with E-state index in [1.165, 1.54) is 0 Å². The van der Waals surface area contributed by atoms with Crippen LogP contribution in [0.25, 0.3) is 0 Å². The summed E-state index contributed by atoms with van der Waals surface area (Å²) in [6, 6.07) is 6.77. The quantitative estimate of drug-likeness (QED) is 0.789. The van der Waals surface area contributed by atoms with Gasteiger partial charge in [-0.05, 0) is 31.5 Å². The molecule has 0 aliphatic heterocycles. The molecule has 0 heterocycles. The van der Waals surface area contributed by atoms with Gasteiger partial charge in [0.15, 0.2) is 0 Å². The second-order valence-electron chi connectivity index (χ2n) is 4.66. The van der Waals surface area contributed by atoms with E-state index in [2.05, 4.69) is 5.32 Å². The van der Waals surface area contributed by atoms with Crippen LogP contribution >= 0.6 is 0 Å². The fraction of sp³-hybridized carbons (Fsp3) is 0.462. The normalized spacial score (nSPS) is 13.0. The molecule has 106 valence electrons. The summed E-state index contributed by atoms with van der Waals surface area (Å²) in [5, 5.41) is 2.69. The molecular weight excluding hydrogens is 264 g/mol. The summed E-state index contributed by atoms with van der Waals surface area (Å²) in [5.41, 5.74) is 6.92. The molecule has 5 nitrogen and oxygen atoms in total. The van der Waals surface area contributed by atoms with Gasteiger partial charge in [0.05, 0.1) is 5.75 Å². The third-order valence-corrected chi connectivity index (χ3v) is 3.71. The molecule has 1 aromatic rings. The molecule has 0 fully saturated rings. The number of rotatable bonds is 6. The first kappa shape index (κ1) is 15.7. The molecule has 0 spiro atoms. The predicted octanol–water partition coefficient (Wildman–Crippen LogP) is 0.351. The maximum Gasteiger partial charge on any atom is 0.251 e. The summed E-state index contributed by atoms with van der Waals surface area (Å²) in [6.07, 6.45) is 1.77. The Labute approximate surface area is 114 Å². The first-order valence-electron chi connectivity index (χ1n) is 6.10. The van der Waals surface area contributed by atoms with Gasteiger partial charge in [-0.3, -0.25) is 4.79 Å². The van der Waals surface area contributed by atoms with Crippen LogP contribution in [0.3, 0.4) is 0 Å². The zero-order valence-electron chi connectivity index (χ0n) is 11.2. The Morgan fingerprint density at radius 2 is 2.00 bits per heavy atom. The molecule has 0 bridgehead atoms. The Bertz CT molecular complexity index is 541. The minimum Gasteiger partial charge on any atom is -0.349 e. The molecule has 3 N–H and O–H groups in total. The van der Waals surface area contributed by atoms with Crippen molar-refractivity contribution >= 4 is 15.7 Å². The molecule has 1 rings (SSSR count). The van der Waals surface area contributed by atoms with Crippen LogP contribution in [-0.4, -0.2) is 38.9 Å². The molecule has 1 aromatic carbocycles. The van der Waals surface area contributed by atoms with Crippen molar-refractivity contribution in [2.45, 2.75) is 19.4 Å². The van der Waals surface area contributed by atoms with E-state index in [-0.39, 0.29) is 11.7 Å². The van der Waals surface area contributed by atoms with E-state index >= 15 is 0 Å². The summed E-state index contributed by atoms with van der Waals surface area (Å²) in [7, 11) is -3.11. The zero-order chi connectivity index (χ0) is 14.5. The lowest BCUT2D eigenvalue weighted by atomic mass is 10.0. The van der Waals surface area contributed by atoms with E-state index in [1.54, 1.807) is 19.1 Å². The van der Waals surface area contributed by atoms with Gasteiger partial charge in [0.2, 0.25) is 0 Å². The van der Waals surface area contributed by atoms with Gasteiger partial charge in [-0.2, -0.15) is 0 Å². The van der Waals surface area contributed by atoms with Crippen LogP contribution in [0.2, 0.25) is 0 Å². The summed E-state index contributed by atoms with van der Waals surface area (Å²) < 4.78 is 22.3. The van der Waals surface area contributed by atoms with E-state index < -0.39 is 15.9 Å². The molecule has 1 atom stereocenters. The highest BCUT2D eigenvalue weighted by Gasteiger charge is 2.16. The van der Waals surface area contributed by atoms with Gasteiger partial charge in [-0.15, -0.1) is 0 Å². The van der Waals surface area contributed by atoms with Crippen LogP contribution < -0.4 is 11.1 Å². The second kappa shape index (κ2) is 6.68. The van der Waals surface area contributed by atoms with Gasteiger partial charge in [0, 0.05) is 17.9 Å². The molecule has 19 heavy (non-hydrogen) atoms. The lowest BCUT2D eigenvalue weighted by molar-refractivity contribution is 0.0942. The Hall–Kier alpha value is -1.40. The van der Waals surface area contributed by atoms with Gasteiger partial charge in [0.1, 0.15) is 9.84 Å². The molecule has 1 unspecified atom stereocenters. The van der Waals surface area contributed by atoms with Gasteiger partial charge >= 0.3 is 0 Å². The molecule has 0 aromatic heterocycles. The van der Waals surface area contributed by atoms with Crippen molar-refractivity contribution in [2.24, 2.45) is 5.73 Å². The number of hydrogen-bond donors (Lipinski definition) is 2. The summed E-state index contributed by atoms with van der Waals surface area (Å²) >= 11 is 0. The number of amides is 1. The molecule has 0 aliphatic rings. The highest BCUT2D eigenvalue weighted by molar-refractivity contribution is 7.90. The number of carbonyl (C=O) groups is 1. The molecule has 1 amide bonds. The van der Waals surface area contributed by atoms with E-state index in [1.807, 2.05) is 12.1 Å². The minimum absolute atomic E-state index is 0.0716. The van der Waals surface area contributed by atoms with Gasteiger partial charge in [0.25, 0.3) is 5.91 Å². The van der Waals surface area contributed by atoms with Gasteiger partial charge < -0.3 is 11.1 Å². The van der Waals surface area contributed by atoms with Crippen molar-refractivity contribution in [2.75, 3.05) is 18.6 Å². The zero-order valence-corrected chi connectivity index (χ0v) is 12.0. The fourth-order valence-corrected chi connectivity index (χ4v) is 2.90. The lowest BCUT2D eigenvalue weighted by Crippen LogP contribution is -2.37. The van der Waals surface area contributed by atoms with E-state index in [0.29, 0.717) is 18.5 Å². The lowest BCUT2D eigenvalue weighted by Gasteiger charge is -2.14. The third-order valence-electron chi connectivity index (χ3n) is 2.61. The van der Waals surface area contributed by atoms with Crippen molar-refractivity contribution in [1.82, 2.24) is 5.32 Å². The van der Waals surface area contributed by atoms with Crippen LogP contribution in [0.4, 0.5) is 0 Å². The van der Waals surface area contributed by atoms with Crippen molar-refractivity contribution < 1.29 is 13.2 Å². The minimum atomic E-state index is -3.11. The number of benzene rings is 1. The van der Waals surface area contributed by atoms with Crippen molar-refractivity contribution in [3.05, 3.63) is 35.4 Å². The van der Waals surface area contributed by atoms with E-state index in [9.17, 15) is 13.2 Å². The van der Waals surface area contributed by atoms with Crippen LogP contribution in [0.15, 0.2) is 24.3 Å². The van der Waals surface area contributed by atoms with Crippen LogP contribution in [-0.2, 0) is 16.3 Å². The van der Waals surface area contributed by atoms with Gasteiger partial charge in [-0.25, -0.2) is 8.42 Å². The van der Waals surface area contributed by atoms with Gasteiger partial charge in [-0.1, -0.05) is 18.2 Å². The fourth-order valence-electron chi connectivity index (χ4n) is 1.91. The molecule has 0 aliphatic carbocycles. The van der Waals surface area contributed by atoms with Crippen LogP contribution in [0, 0.1) is 0 Å². The summed E-state index contributed by atoms with van der Waals surface area (Å²) in [6.45, 7) is 2.13. The maximum atomic E-state index is 12.1. The highest BCUT2D eigenvalue weighted by Crippen LogP contribution is 2.09. The average molecular weight is 284 g/mol. The summed E-state index contributed by atoms with van der Waals surface area (Å²) in [4.78, 5) is 12.1. The van der Waals surface area contributed by atoms with E-state index in [4.69, 9.17) is 5.73 Å². The number of carbonyl (C=O) groups excluding carboxylic acids is 1. The monoisotopic (exact) mass is 284 g/mol. The van der Waals surface area contributed by atoms with Crippen molar-refractivity contribution in [3.63, 3.8) is 0 Å². The van der Waals surface area contributed by atoms with Crippen LogP contribution in [0.5, 0.6) is 0 Å². The number of nitrogens with one attached hydrogen (secondary N) is 1. The predicted molar refractivity (Wildman–Crippen MR) is 75.8 cm³/mol. The first-order chi connectivity index (χ1) is 8.83. The Morgan fingerprint density at radius 3 is 2.58 bits per heavy atom. The first-order valence-corrected chi connectivity index (χ1v) is 8.16. The van der Waals surface area contributed by atoms with Crippen molar-refractivity contribution in [1.29, 1.82) is 0 Å². The SMILES string of the molecule is CC(CS(C)(=O)=O)NC(=O)c1ccccc1CCN. The second-order valence-corrected chi connectivity index (χ2v) is 6.85. The van der Waals surface area contributed by atoms with Crippen molar-refractivity contribution in [3.8, 4) is 0 Å². The number of hydrogen-bond acceptors (Lipinski definition) is 4. The number of sulfone groups is 1. The molecule has 0 radical (unpaired) electrons. The standard InChI is InChI=1S/C13H20N2O3S/c1-10(9-19(2,17)18)15-13(16)12-6-4-3-5-11(12)7-8-14/h3-6,10H,7-9,14H2,1-2H3,(H,15,16). The number of nitrogens with two attached hydrogens (primary N) is 1. The molecular formula is C13H20N2O3S. The summed E-state index contributed by atoms with van der Waals surface area (Å²) in [5.74, 6) is -0.335. The average Bonchev–Trinajstić information content (AvgIpc) is 2.27. The third kappa shape index (κ3) is 5.40. The largest absolute Gasteiger partial charge is 0.349 e. The Kier molecular flexibility index (Phi) is 5.50. The van der Waals surface area contributed by atoms with Crippen LogP contribution in [0.1, 0.15) is 22.8 Å². The Morgan fingerprint density at radius 1 is 1.37 bits per heavy atom. The smallest absolute Gasteiger partial charge is 0.251 e. The Balaban J connectivity index is 2.78. The highest BCUT2D eigenvalue weighted by atomic mass is 32.2. The van der Waals surface area contributed by atoms with E-state index in [0.717, 1.165) is 11.8 Å². The molecule has 0 saturated heterocycles. The maximum absolute atomic E-state index is 12.1.